The molecule has 2 aromatic carbocycles. The number of anilines is 2. The molecular weight excluding hydrogens is 388 g/mol. The molecule has 0 radical (unpaired) electrons. The number of hydrogen-bond donors (Lipinski definition) is 2. The SMILES string of the molecule is COc1ccccc1CCNc1ccc(S(=O)(=O)Nc2nc(C)cc(C)n2)cc1. The quantitative estimate of drug-likeness (QED) is 0.588. The Kier molecular flexibility index (Phi) is 6.33. The highest BCUT2D eigenvalue weighted by molar-refractivity contribution is 7.92. The van der Waals surface area contributed by atoms with Gasteiger partial charge < -0.3 is 10.1 Å². The van der Waals surface area contributed by atoms with Crippen LogP contribution in [0.5, 0.6) is 5.75 Å². The molecule has 3 aromatic rings. The van der Waals surface area contributed by atoms with Crippen molar-refractivity contribution in [3.05, 3.63) is 71.5 Å². The molecule has 0 saturated heterocycles. The van der Waals surface area contributed by atoms with Gasteiger partial charge in [-0.15, -0.1) is 0 Å². The fraction of sp³-hybridized carbons (Fsp3) is 0.238. The highest BCUT2D eigenvalue weighted by Gasteiger charge is 2.16. The Morgan fingerprint density at radius 1 is 0.966 bits per heavy atom. The number of benzene rings is 2. The molecule has 0 unspecified atom stereocenters. The number of methoxy groups -OCH3 is 1. The maximum atomic E-state index is 12.6. The molecule has 1 aromatic heterocycles. The molecule has 0 saturated carbocycles. The summed E-state index contributed by atoms with van der Waals surface area (Å²) in [6.07, 6.45) is 0.787. The second-order valence-corrected chi connectivity index (χ2v) is 8.28. The van der Waals surface area contributed by atoms with Crippen molar-refractivity contribution in [2.24, 2.45) is 0 Å². The molecule has 0 amide bonds. The zero-order valence-corrected chi connectivity index (χ0v) is 17.5. The maximum absolute atomic E-state index is 12.6. The Hall–Kier alpha value is -3.13. The van der Waals surface area contributed by atoms with E-state index < -0.39 is 10.0 Å². The number of sulfonamides is 1. The summed E-state index contributed by atoms with van der Waals surface area (Å²) < 4.78 is 32.9. The highest BCUT2D eigenvalue weighted by Crippen LogP contribution is 2.19. The Labute approximate surface area is 171 Å². The van der Waals surface area contributed by atoms with Gasteiger partial charge in [-0.1, -0.05) is 18.2 Å². The molecule has 0 aliphatic heterocycles. The topological polar surface area (TPSA) is 93.2 Å². The summed E-state index contributed by atoms with van der Waals surface area (Å²) in [5.41, 5.74) is 3.34. The normalized spacial score (nSPS) is 11.1. The third-order valence-electron chi connectivity index (χ3n) is 4.29. The number of aryl methyl sites for hydroxylation is 2. The number of rotatable bonds is 8. The number of hydrogen-bond acceptors (Lipinski definition) is 6. The van der Waals surface area contributed by atoms with Crippen LogP contribution in [-0.4, -0.2) is 32.0 Å². The van der Waals surface area contributed by atoms with Gasteiger partial charge >= 0.3 is 0 Å². The van der Waals surface area contributed by atoms with Gasteiger partial charge in [-0.25, -0.2) is 23.1 Å². The van der Waals surface area contributed by atoms with E-state index in [0.29, 0.717) is 17.9 Å². The van der Waals surface area contributed by atoms with Crippen LogP contribution in [0.1, 0.15) is 17.0 Å². The molecule has 7 nitrogen and oxygen atoms in total. The van der Waals surface area contributed by atoms with Crippen molar-refractivity contribution in [3.8, 4) is 5.75 Å². The number of aromatic nitrogens is 2. The Bertz CT molecular complexity index is 1060. The summed E-state index contributed by atoms with van der Waals surface area (Å²) >= 11 is 0. The first-order valence-electron chi connectivity index (χ1n) is 9.18. The summed E-state index contributed by atoms with van der Waals surface area (Å²) in [4.78, 5) is 8.39. The molecule has 0 fully saturated rings. The maximum Gasteiger partial charge on any atom is 0.264 e. The van der Waals surface area contributed by atoms with Crippen molar-refractivity contribution in [1.29, 1.82) is 0 Å². The lowest BCUT2D eigenvalue weighted by atomic mass is 10.1. The van der Waals surface area contributed by atoms with Gasteiger partial charge in [0, 0.05) is 23.6 Å². The Balaban J connectivity index is 1.63. The van der Waals surface area contributed by atoms with Gasteiger partial charge in [0.1, 0.15) is 5.75 Å². The third kappa shape index (κ3) is 5.45. The van der Waals surface area contributed by atoms with E-state index in [0.717, 1.165) is 23.4 Å². The van der Waals surface area contributed by atoms with E-state index in [2.05, 4.69) is 20.0 Å². The standard InChI is InChI=1S/C21H24N4O3S/c1-15-14-16(2)24-21(23-15)25-29(26,27)19-10-8-18(9-11-19)22-13-12-17-6-4-5-7-20(17)28-3/h4-11,14,22H,12-13H2,1-3H3,(H,23,24,25). The number of para-hydroxylation sites is 1. The molecule has 0 aliphatic carbocycles. The Morgan fingerprint density at radius 2 is 1.62 bits per heavy atom. The van der Waals surface area contributed by atoms with E-state index in [1.165, 1.54) is 0 Å². The second-order valence-electron chi connectivity index (χ2n) is 6.59. The number of ether oxygens (including phenoxy) is 1. The molecule has 0 aliphatic rings. The predicted molar refractivity (Wildman–Crippen MR) is 114 cm³/mol. The summed E-state index contributed by atoms with van der Waals surface area (Å²) in [6.45, 7) is 4.27. The van der Waals surface area contributed by atoms with Crippen LogP contribution in [-0.2, 0) is 16.4 Å². The van der Waals surface area contributed by atoms with E-state index in [1.807, 2.05) is 24.3 Å². The van der Waals surface area contributed by atoms with Gasteiger partial charge in [0.2, 0.25) is 5.95 Å². The van der Waals surface area contributed by atoms with Gasteiger partial charge in [-0.05, 0) is 62.2 Å². The average molecular weight is 413 g/mol. The van der Waals surface area contributed by atoms with Crippen molar-refractivity contribution < 1.29 is 13.2 Å². The molecule has 3 rings (SSSR count). The molecule has 29 heavy (non-hydrogen) atoms. The first-order chi connectivity index (χ1) is 13.9. The zero-order chi connectivity index (χ0) is 20.9. The molecule has 1 heterocycles. The second kappa shape index (κ2) is 8.91. The van der Waals surface area contributed by atoms with Crippen LogP contribution in [0.2, 0.25) is 0 Å². The minimum absolute atomic E-state index is 0.0708. The van der Waals surface area contributed by atoms with Crippen LogP contribution >= 0.6 is 0 Å². The molecule has 0 atom stereocenters. The van der Waals surface area contributed by atoms with Gasteiger partial charge in [0.25, 0.3) is 10.0 Å². The molecule has 8 heteroatoms. The average Bonchev–Trinajstić information content (AvgIpc) is 2.67. The minimum atomic E-state index is -3.76. The fourth-order valence-electron chi connectivity index (χ4n) is 2.95. The molecule has 152 valence electrons. The van der Waals surface area contributed by atoms with E-state index in [-0.39, 0.29) is 10.8 Å². The van der Waals surface area contributed by atoms with Crippen LogP contribution in [0.4, 0.5) is 11.6 Å². The number of nitrogens with one attached hydrogen (secondary N) is 2. The van der Waals surface area contributed by atoms with Crippen LogP contribution in [0.3, 0.4) is 0 Å². The summed E-state index contributed by atoms with van der Waals surface area (Å²) in [6, 6.07) is 16.2. The zero-order valence-electron chi connectivity index (χ0n) is 16.6. The lowest BCUT2D eigenvalue weighted by Crippen LogP contribution is -2.15. The van der Waals surface area contributed by atoms with Crippen molar-refractivity contribution in [1.82, 2.24) is 9.97 Å². The monoisotopic (exact) mass is 412 g/mol. The van der Waals surface area contributed by atoms with Crippen LogP contribution in [0.15, 0.2) is 59.5 Å². The minimum Gasteiger partial charge on any atom is -0.496 e. The summed E-state index contributed by atoms with van der Waals surface area (Å²) in [7, 11) is -2.10. The van der Waals surface area contributed by atoms with Gasteiger partial charge in [0.05, 0.1) is 12.0 Å². The fourth-order valence-corrected chi connectivity index (χ4v) is 3.90. The van der Waals surface area contributed by atoms with Crippen LogP contribution in [0, 0.1) is 13.8 Å². The summed E-state index contributed by atoms with van der Waals surface area (Å²) in [5.74, 6) is 0.928. The van der Waals surface area contributed by atoms with Gasteiger partial charge in [-0.2, -0.15) is 0 Å². The van der Waals surface area contributed by atoms with Crippen molar-refractivity contribution in [3.63, 3.8) is 0 Å². The first-order valence-corrected chi connectivity index (χ1v) is 10.7. The first kappa shape index (κ1) is 20.6. The smallest absolute Gasteiger partial charge is 0.264 e. The van der Waals surface area contributed by atoms with Crippen LogP contribution < -0.4 is 14.8 Å². The molecule has 2 N–H and O–H groups in total. The molecule has 0 spiro atoms. The summed E-state index contributed by atoms with van der Waals surface area (Å²) in [5, 5.41) is 3.29. The predicted octanol–water partition coefficient (Wildman–Crippen LogP) is 3.56. The van der Waals surface area contributed by atoms with E-state index in [1.54, 1.807) is 51.3 Å². The van der Waals surface area contributed by atoms with Crippen molar-refractivity contribution in [2.45, 2.75) is 25.2 Å². The van der Waals surface area contributed by atoms with E-state index in [4.69, 9.17) is 4.74 Å². The van der Waals surface area contributed by atoms with Gasteiger partial charge in [0.15, 0.2) is 0 Å². The van der Waals surface area contributed by atoms with E-state index in [9.17, 15) is 8.42 Å². The van der Waals surface area contributed by atoms with E-state index >= 15 is 0 Å². The lowest BCUT2D eigenvalue weighted by molar-refractivity contribution is 0.410. The van der Waals surface area contributed by atoms with Crippen molar-refractivity contribution >= 4 is 21.7 Å². The molecule has 0 bridgehead atoms. The molecular formula is C21H24N4O3S. The highest BCUT2D eigenvalue weighted by atomic mass is 32.2. The van der Waals surface area contributed by atoms with Crippen molar-refractivity contribution in [2.75, 3.05) is 23.7 Å². The van der Waals surface area contributed by atoms with Gasteiger partial charge in [-0.3, -0.25) is 0 Å². The lowest BCUT2D eigenvalue weighted by Gasteiger charge is -2.11. The Morgan fingerprint density at radius 3 is 2.28 bits per heavy atom. The third-order valence-corrected chi connectivity index (χ3v) is 5.63. The largest absolute Gasteiger partial charge is 0.496 e. The van der Waals surface area contributed by atoms with Crippen LogP contribution in [0.25, 0.3) is 0 Å². The number of nitrogens with zero attached hydrogens (tertiary/aromatic N) is 2.